The Morgan fingerprint density at radius 1 is 1.33 bits per heavy atom. The predicted molar refractivity (Wildman–Crippen MR) is 82.8 cm³/mol. The number of rotatable bonds is 3. The number of amidine groups is 1. The van der Waals surface area contributed by atoms with Gasteiger partial charge in [0.05, 0.1) is 17.5 Å². The number of benzene rings is 1. The normalized spacial score (nSPS) is 17.0. The van der Waals surface area contributed by atoms with Gasteiger partial charge in [-0.3, -0.25) is 5.41 Å². The van der Waals surface area contributed by atoms with Crippen molar-refractivity contribution in [3.63, 3.8) is 0 Å². The van der Waals surface area contributed by atoms with Gasteiger partial charge >= 0.3 is 0 Å². The van der Waals surface area contributed by atoms with Gasteiger partial charge in [0.15, 0.2) is 0 Å². The van der Waals surface area contributed by atoms with Gasteiger partial charge in [-0.1, -0.05) is 11.6 Å². The number of anilines is 1. The molecule has 0 aliphatic carbocycles. The molecule has 1 aliphatic heterocycles. The lowest BCUT2D eigenvalue weighted by molar-refractivity contribution is 0.385. The maximum absolute atomic E-state index is 11.5. The van der Waals surface area contributed by atoms with Gasteiger partial charge in [-0.2, -0.15) is 4.31 Å². The van der Waals surface area contributed by atoms with E-state index in [0.717, 1.165) is 0 Å². The van der Waals surface area contributed by atoms with Crippen LogP contribution in [-0.2, 0) is 10.0 Å². The Labute approximate surface area is 128 Å². The van der Waals surface area contributed by atoms with Crippen LogP contribution >= 0.6 is 11.6 Å². The second-order valence-electron chi connectivity index (χ2n) is 4.88. The molecule has 1 aliphatic rings. The number of phenols is 1. The lowest BCUT2D eigenvalue weighted by atomic mass is 10.1. The van der Waals surface area contributed by atoms with Gasteiger partial charge in [-0.15, -0.1) is 0 Å². The van der Waals surface area contributed by atoms with Gasteiger partial charge in [0.2, 0.25) is 10.0 Å². The van der Waals surface area contributed by atoms with Crippen LogP contribution in [0, 0.1) is 5.41 Å². The molecule has 0 aromatic heterocycles. The van der Waals surface area contributed by atoms with Crippen molar-refractivity contribution in [3.8, 4) is 5.75 Å². The molecule has 116 valence electrons. The summed E-state index contributed by atoms with van der Waals surface area (Å²) >= 11 is 5.99. The van der Waals surface area contributed by atoms with Crippen LogP contribution in [0.2, 0.25) is 5.02 Å². The number of piperazine rings is 1. The Bertz CT molecular complexity index is 669. The van der Waals surface area contributed by atoms with Crippen molar-refractivity contribution >= 4 is 33.1 Å². The van der Waals surface area contributed by atoms with Crippen LogP contribution in [0.15, 0.2) is 12.1 Å². The Morgan fingerprint density at radius 3 is 2.38 bits per heavy atom. The number of phenolic OH excluding ortho intramolecular Hbond substituents is 1. The summed E-state index contributed by atoms with van der Waals surface area (Å²) in [5.41, 5.74) is 6.05. The van der Waals surface area contributed by atoms with Crippen LogP contribution in [0.25, 0.3) is 0 Å². The third kappa shape index (κ3) is 3.39. The topological polar surface area (TPSA) is 111 Å². The van der Waals surface area contributed by atoms with Crippen molar-refractivity contribution in [2.24, 2.45) is 5.73 Å². The second kappa shape index (κ2) is 5.70. The summed E-state index contributed by atoms with van der Waals surface area (Å²) in [6, 6.07) is 3.01. The molecular weight excluding hydrogens is 316 g/mol. The first-order chi connectivity index (χ1) is 9.70. The fourth-order valence-electron chi connectivity index (χ4n) is 2.29. The van der Waals surface area contributed by atoms with Crippen molar-refractivity contribution in [2.45, 2.75) is 0 Å². The molecule has 0 amide bonds. The first-order valence-electron chi connectivity index (χ1n) is 6.27. The van der Waals surface area contributed by atoms with Gasteiger partial charge in [-0.05, 0) is 12.1 Å². The van der Waals surface area contributed by atoms with Crippen molar-refractivity contribution in [2.75, 3.05) is 37.3 Å². The van der Waals surface area contributed by atoms with Crippen LogP contribution in [0.5, 0.6) is 5.75 Å². The zero-order chi connectivity index (χ0) is 15.8. The highest BCUT2D eigenvalue weighted by atomic mass is 35.5. The van der Waals surface area contributed by atoms with Crippen LogP contribution in [-0.4, -0.2) is 56.1 Å². The molecule has 9 heteroatoms. The fraction of sp³-hybridized carbons (Fsp3) is 0.417. The van der Waals surface area contributed by atoms with Gasteiger partial charge in [0, 0.05) is 31.2 Å². The van der Waals surface area contributed by atoms with Gasteiger partial charge in [0.25, 0.3) is 0 Å². The Balaban J connectivity index is 2.27. The minimum Gasteiger partial charge on any atom is -0.505 e. The zero-order valence-electron chi connectivity index (χ0n) is 11.5. The molecule has 0 unspecified atom stereocenters. The van der Waals surface area contributed by atoms with Crippen LogP contribution in [0.4, 0.5) is 5.69 Å². The minimum absolute atomic E-state index is 0.111. The highest BCUT2D eigenvalue weighted by Gasteiger charge is 2.25. The number of halogens is 1. The minimum atomic E-state index is -3.21. The van der Waals surface area contributed by atoms with E-state index in [9.17, 15) is 13.5 Å². The molecule has 1 saturated heterocycles. The van der Waals surface area contributed by atoms with E-state index < -0.39 is 10.0 Å². The number of nitrogens with two attached hydrogens (primary N) is 1. The molecular formula is C12H17ClN4O3S. The number of aromatic hydroxyl groups is 1. The van der Waals surface area contributed by atoms with E-state index in [1.807, 2.05) is 4.90 Å². The van der Waals surface area contributed by atoms with Crippen LogP contribution in [0.1, 0.15) is 5.56 Å². The average Bonchev–Trinajstić information content (AvgIpc) is 2.40. The third-order valence-electron chi connectivity index (χ3n) is 3.39. The number of sulfonamides is 1. The summed E-state index contributed by atoms with van der Waals surface area (Å²) in [5.74, 6) is -0.384. The van der Waals surface area contributed by atoms with Crippen molar-refractivity contribution < 1.29 is 13.5 Å². The molecule has 0 atom stereocenters. The first-order valence-corrected chi connectivity index (χ1v) is 8.49. The highest BCUT2D eigenvalue weighted by Crippen LogP contribution is 2.34. The smallest absolute Gasteiger partial charge is 0.211 e. The maximum Gasteiger partial charge on any atom is 0.211 e. The highest BCUT2D eigenvalue weighted by molar-refractivity contribution is 7.88. The second-order valence-corrected chi connectivity index (χ2v) is 7.30. The molecule has 1 aromatic rings. The fourth-order valence-corrected chi connectivity index (χ4v) is 3.33. The van der Waals surface area contributed by atoms with Crippen LogP contribution < -0.4 is 10.6 Å². The Hall–Kier alpha value is -1.51. The zero-order valence-corrected chi connectivity index (χ0v) is 13.1. The number of nitrogens with one attached hydrogen (secondary N) is 1. The van der Waals surface area contributed by atoms with E-state index >= 15 is 0 Å². The van der Waals surface area contributed by atoms with E-state index in [-0.39, 0.29) is 17.1 Å². The molecule has 1 aromatic carbocycles. The standard InChI is InChI=1S/C12H17ClN4O3S/c1-21(19,20)17-4-2-16(3-5-17)10-7-8(13)6-9(11(10)18)12(14)15/h6-7,18H,2-5H2,1H3,(H3,14,15). The summed E-state index contributed by atoms with van der Waals surface area (Å²) in [7, 11) is -3.21. The number of nitrogens with zero attached hydrogens (tertiary/aromatic N) is 2. The van der Waals surface area contributed by atoms with Gasteiger partial charge in [0.1, 0.15) is 11.6 Å². The largest absolute Gasteiger partial charge is 0.505 e. The van der Waals surface area contributed by atoms with E-state index in [2.05, 4.69) is 0 Å². The molecule has 0 spiro atoms. The summed E-state index contributed by atoms with van der Waals surface area (Å²) < 4.78 is 24.4. The van der Waals surface area contributed by atoms with E-state index in [1.165, 1.54) is 16.6 Å². The molecule has 4 N–H and O–H groups in total. The third-order valence-corrected chi connectivity index (χ3v) is 4.91. The number of nitrogen functional groups attached to an aromatic ring is 1. The molecule has 0 bridgehead atoms. The molecule has 2 rings (SSSR count). The molecule has 0 saturated carbocycles. The monoisotopic (exact) mass is 332 g/mol. The van der Waals surface area contributed by atoms with E-state index in [4.69, 9.17) is 22.7 Å². The lowest BCUT2D eigenvalue weighted by Crippen LogP contribution is -2.48. The Kier molecular flexibility index (Phi) is 4.31. The summed E-state index contributed by atoms with van der Waals surface area (Å²) in [6.45, 7) is 1.52. The lowest BCUT2D eigenvalue weighted by Gasteiger charge is -2.35. The maximum atomic E-state index is 11.5. The molecule has 7 nitrogen and oxygen atoms in total. The van der Waals surface area contributed by atoms with Gasteiger partial charge in [-0.25, -0.2) is 8.42 Å². The predicted octanol–water partition coefficient (Wildman–Crippen LogP) is 0.411. The summed E-state index contributed by atoms with van der Waals surface area (Å²) in [4.78, 5) is 1.83. The first kappa shape index (κ1) is 15.9. The van der Waals surface area contributed by atoms with Crippen molar-refractivity contribution in [3.05, 3.63) is 22.7 Å². The SMILES string of the molecule is CS(=O)(=O)N1CCN(c2cc(Cl)cc(C(=N)N)c2O)CC1. The molecule has 21 heavy (non-hydrogen) atoms. The molecule has 1 fully saturated rings. The van der Waals surface area contributed by atoms with Gasteiger partial charge < -0.3 is 15.7 Å². The van der Waals surface area contributed by atoms with E-state index in [1.54, 1.807) is 6.07 Å². The quantitative estimate of drug-likeness (QED) is 0.548. The summed E-state index contributed by atoms with van der Waals surface area (Å²) in [6.07, 6.45) is 1.17. The number of hydrogen-bond donors (Lipinski definition) is 3. The Morgan fingerprint density at radius 2 is 1.90 bits per heavy atom. The van der Waals surface area contributed by atoms with Crippen molar-refractivity contribution in [1.82, 2.24) is 4.31 Å². The average molecular weight is 333 g/mol. The van der Waals surface area contributed by atoms with Crippen molar-refractivity contribution in [1.29, 1.82) is 5.41 Å². The van der Waals surface area contributed by atoms with E-state index in [0.29, 0.717) is 36.9 Å². The molecule has 1 heterocycles. The summed E-state index contributed by atoms with van der Waals surface area (Å²) in [5, 5.41) is 18.0. The van der Waals surface area contributed by atoms with Crippen LogP contribution in [0.3, 0.4) is 0 Å². The number of hydrogen-bond acceptors (Lipinski definition) is 5. The molecule has 0 radical (unpaired) electrons.